The van der Waals surface area contributed by atoms with E-state index in [1.807, 2.05) is 0 Å². The lowest BCUT2D eigenvalue weighted by molar-refractivity contribution is 0.180. The lowest BCUT2D eigenvalue weighted by atomic mass is 9.63. The van der Waals surface area contributed by atoms with Crippen LogP contribution in [-0.2, 0) is 0 Å². The molecular formula is C10H13N. The minimum absolute atomic E-state index is 0.304. The Bertz CT molecular complexity index is 224. The van der Waals surface area contributed by atoms with Crippen LogP contribution in [0.15, 0.2) is 12.2 Å². The first-order valence-corrected chi connectivity index (χ1v) is 4.41. The Morgan fingerprint density at radius 2 is 1.91 bits per heavy atom. The fourth-order valence-electron chi connectivity index (χ4n) is 2.47. The molecule has 0 unspecified atom stereocenters. The standard InChI is InChI=1S/C10H13N/c1-7-8-2-4-9(5-3-8)10(7)6-11/h2,4,7-10H,3,5H2,1H3/t7-,8+,9-,10+/m0/s1. The van der Waals surface area contributed by atoms with E-state index in [0.29, 0.717) is 23.7 Å². The van der Waals surface area contributed by atoms with Gasteiger partial charge in [0.05, 0.1) is 12.0 Å². The zero-order valence-corrected chi connectivity index (χ0v) is 6.83. The number of rotatable bonds is 0. The molecule has 1 nitrogen and oxygen atoms in total. The van der Waals surface area contributed by atoms with Gasteiger partial charge < -0.3 is 0 Å². The Labute approximate surface area is 67.7 Å². The van der Waals surface area contributed by atoms with E-state index in [4.69, 9.17) is 5.26 Å². The number of hydrogen-bond acceptors (Lipinski definition) is 1. The van der Waals surface area contributed by atoms with E-state index < -0.39 is 0 Å². The van der Waals surface area contributed by atoms with Crippen LogP contribution in [0.5, 0.6) is 0 Å². The second kappa shape index (κ2) is 2.37. The van der Waals surface area contributed by atoms with Gasteiger partial charge in [-0.2, -0.15) is 5.26 Å². The predicted octanol–water partition coefficient (Wildman–Crippen LogP) is 2.36. The molecule has 0 aliphatic heterocycles. The summed E-state index contributed by atoms with van der Waals surface area (Å²) in [5.41, 5.74) is 0. The molecule has 1 fully saturated rings. The van der Waals surface area contributed by atoms with E-state index in [-0.39, 0.29) is 0 Å². The molecule has 0 aromatic heterocycles. The van der Waals surface area contributed by atoms with E-state index in [1.165, 1.54) is 12.8 Å². The van der Waals surface area contributed by atoms with E-state index in [0.717, 1.165) is 0 Å². The summed E-state index contributed by atoms with van der Waals surface area (Å²) in [6.07, 6.45) is 7.11. The quantitative estimate of drug-likeness (QED) is 0.482. The maximum atomic E-state index is 8.90. The third-order valence-electron chi connectivity index (χ3n) is 3.29. The molecule has 0 heterocycles. The molecule has 0 aromatic rings. The van der Waals surface area contributed by atoms with Gasteiger partial charge in [-0.1, -0.05) is 19.1 Å². The summed E-state index contributed by atoms with van der Waals surface area (Å²) in [6, 6.07) is 2.43. The topological polar surface area (TPSA) is 23.8 Å². The van der Waals surface area contributed by atoms with Crippen molar-refractivity contribution in [1.29, 1.82) is 5.26 Å². The molecular weight excluding hydrogens is 134 g/mol. The number of nitriles is 1. The summed E-state index contributed by atoms with van der Waals surface area (Å²) in [5, 5.41) is 8.90. The molecule has 0 radical (unpaired) electrons. The number of hydrogen-bond donors (Lipinski definition) is 0. The molecule has 3 aliphatic rings. The molecule has 4 atom stereocenters. The molecule has 0 saturated heterocycles. The lowest BCUT2D eigenvalue weighted by Crippen LogP contribution is -2.34. The van der Waals surface area contributed by atoms with Crippen molar-refractivity contribution in [3.8, 4) is 6.07 Å². The molecule has 2 bridgehead atoms. The summed E-state index contributed by atoms with van der Waals surface area (Å²) < 4.78 is 0. The van der Waals surface area contributed by atoms with Crippen LogP contribution in [0.4, 0.5) is 0 Å². The minimum Gasteiger partial charge on any atom is -0.198 e. The van der Waals surface area contributed by atoms with Crippen molar-refractivity contribution >= 4 is 0 Å². The highest BCUT2D eigenvalue weighted by molar-refractivity contribution is 5.13. The molecule has 3 rings (SSSR count). The second-order valence-corrected chi connectivity index (χ2v) is 3.80. The fourth-order valence-corrected chi connectivity index (χ4v) is 2.47. The summed E-state index contributed by atoms with van der Waals surface area (Å²) in [5.74, 6) is 2.17. The van der Waals surface area contributed by atoms with E-state index in [2.05, 4.69) is 25.1 Å². The molecule has 1 heteroatoms. The van der Waals surface area contributed by atoms with Gasteiger partial charge in [0, 0.05) is 0 Å². The van der Waals surface area contributed by atoms with Crippen LogP contribution in [0.3, 0.4) is 0 Å². The zero-order chi connectivity index (χ0) is 7.84. The molecule has 3 aliphatic carbocycles. The molecule has 0 aromatic carbocycles. The third-order valence-corrected chi connectivity index (χ3v) is 3.29. The smallest absolute Gasteiger partial charge is 0.0665 e. The third kappa shape index (κ3) is 0.894. The van der Waals surface area contributed by atoms with Gasteiger partial charge in [0.1, 0.15) is 0 Å². The lowest BCUT2D eigenvalue weighted by Gasteiger charge is -2.39. The number of fused-ring (bicyclic) bond motifs is 2. The van der Waals surface area contributed by atoms with Crippen LogP contribution < -0.4 is 0 Å². The van der Waals surface area contributed by atoms with Gasteiger partial charge in [-0.3, -0.25) is 0 Å². The van der Waals surface area contributed by atoms with Gasteiger partial charge in [0.15, 0.2) is 0 Å². The number of nitrogens with zero attached hydrogens (tertiary/aromatic N) is 1. The van der Waals surface area contributed by atoms with Crippen LogP contribution in [0.25, 0.3) is 0 Å². The number of allylic oxidation sites excluding steroid dienone is 2. The highest BCUT2D eigenvalue weighted by Crippen LogP contribution is 2.43. The Hall–Kier alpha value is -0.770. The van der Waals surface area contributed by atoms with Gasteiger partial charge in [-0.25, -0.2) is 0 Å². The van der Waals surface area contributed by atoms with E-state index >= 15 is 0 Å². The first-order chi connectivity index (χ1) is 5.33. The van der Waals surface area contributed by atoms with Crippen molar-refractivity contribution in [2.75, 3.05) is 0 Å². The van der Waals surface area contributed by atoms with Crippen LogP contribution in [0.1, 0.15) is 19.8 Å². The molecule has 0 spiro atoms. The maximum absolute atomic E-state index is 8.90. The zero-order valence-electron chi connectivity index (χ0n) is 6.83. The van der Waals surface area contributed by atoms with Crippen LogP contribution >= 0.6 is 0 Å². The Morgan fingerprint density at radius 3 is 2.27 bits per heavy atom. The normalized spacial score (nSPS) is 47.3. The summed E-state index contributed by atoms with van der Waals surface area (Å²) in [4.78, 5) is 0. The fraction of sp³-hybridized carbons (Fsp3) is 0.700. The van der Waals surface area contributed by atoms with E-state index in [9.17, 15) is 0 Å². The van der Waals surface area contributed by atoms with Gasteiger partial charge in [-0.15, -0.1) is 0 Å². The SMILES string of the molecule is C[C@@H]1[C@@H](C#N)[C@H]2C=C[C@@H]1CC2. The maximum Gasteiger partial charge on any atom is 0.0665 e. The Balaban J connectivity index is 2.28. The monoisotopic (exact) mass is 147 g/mol. The minimum atomic E-state index is 0.304. The molecule has 58 valence electrons. The van der Waals surface area contributed by atoms with Crippen molar-refractivity contribution in [3.05, 3.63) is 12.2 Å². The summed E-state index contributed by atoms with van der Waals surface area (Å²) >= 11 is 0. The Kier molecular flexibility index (Phi) is 1.49. The van der Waals surface area contributed by atoms with Crippen LogP contribution in [0.2, 0.25) is 0 Å². The first-order valence-electron chi connectivity index (χ1n) is 4.41. The Morgan fingerprint density at radius 1 is 1.27 bits per heavy atom. The van der Waals surface area contributed by atoms with Crippen molar-refractivity contribution in [1.82, 2.24) is 0 Å². The summed E-state index contributed by atoms with van der Waals surface area (Å²) in [6.45, 7) is 2.22. The van der Waals surface area contributed by atoms with Gasteiger partial charge in [0.2, 0.25) is 0 Å². The predicted molar refractivity (Wildman–Crippen MR) is 43.6 cm³/mol. The largest absolute Gasteiger partial charge is 0.198 e. The van der Waals surface area contributed by atoms with Crippen LogP contribution in [-0.4, -0.2) is 0 Å². The average Bonchev–Trinajstić information content (AvgIpc) is 2.06. The van der Waals surface area contributed by atoms with Crippen molar-refractivity contribution in [2.24, 2.45) is 23.7 Å². The van der Waals surface area contributed by atoms with Crippen molar-refractivity contribution < 1.29 is 0 Å². The molecule has 0 N–H and O–H groups in total. The van der Waals surface area contributed by atoms with Crippen LogP contribution in [0, 0.1) is 35.0 Å². The average molecular weight is 147 g/mol. The first kappa shape index (κ1) is 6.91. The second-order valence-electron chi connectivity index (χ2n) is 3.80. The van der Waals surface area contributed by atoms with Gasteiger partial charge in [-0.05, 0) is 30.6 Å². The summed E-state index contributed by atoms with van der Waals surface area (Å²) in [7, 11) is 0. The van der Waals surface area contributed by atoms with Crippen molar-refractivity contribution in [2.45, 2.75) is 19.8 Å². The highest BCUT2D eigenvalue weighted by atomic mass is 14.4. The molecule has 0 amide bonds. The van der Waals surface area contributed by atoms with Gasteiger partial charge in [0.25, 0.3) is 0 Å². The van der Waals surface area contributed by atoms with Crippen molar-refractivity contribution in [3.63, 3.8) is 0 Å². The van der Waals surface area contributed by atoms with E-state index in [1.54, 1.807) is 0 Å². The van der Waals surface area contributed by atoms with Gasteiger partial charge >= 0.3 is 0 Å². The molecule has 11 heavy (non-hydrogen) atoms. The highest BCUT2D eigenvalue weighted by Gasteiger charge is 2.37. The molecule has 1 saturated carbocycles.